The van der Waals surface area contributed by atoms with Crippen LogP contribution in [-0.4, -0.2) is 49.1 Å². The third-order valence-electron chi connectivity index (χ3n) is 4.90. The lowest BCUT2D eigenvalue weighted by Crippen LogP contribution is -2.33. The highest BCUT2D eigenvalue weighted by atomic mass is 32.1. The van der Waals surface area contributed by atoms with Crippen molar-refractivity contribution in [3.63, 3.8) is 0 Å². The average Bonchev–Trinajstić information content (AvgIpc) is 3.24. The molecule has 0 saturated carbocycles. The predicted octanol–water partition coefficient (Wildman–Crippen LogP) is 3.94. The number of anilines is 1. The number of piperidine rings is 1. The van der Waals surface area contributed by atoms with Gasteiger partial charge in [0.15, 0.2) is 0 Å². The zero-order valence-electron chi connectivity index (χ0n) is 16.0. The fourth-order valence-electron chi connectivity index (χ4n) is 3.43. The molecule has 2 heterocycles. The number of thiophene rings is 1. The van der Waals surface area contributed by atoms with Crippen LogP contribution in [0.5, 0.6) is 0 Å². The maximum absolute atomic E-state index is 13.1. The highest BCUT2D eigenvalue weighted by Crippen LogP contribution is 2.31. The minimum absolute atomic E-state index is 0.00411. The summed E-state index contributed by atoms with van der Waals surface area (Å²) in [6, 6.07) is 8.75. The van der Waals surface area contributed by atoms with Crippen LogP contribution in [0, 0.1) is 10.1 Å². The fraction of sp³-hybridized carbons (Fsp3) is 0.450. The highest BCUT2D eigenvalue weighted by molar-refractivity contribution is 7.09. The van der Waals surface area contributed by atoms with Crippen LogP contribution in [0.1, 0.15) is 34.5 Å². The van der Waals surface area contributed by atoms with Crippen molar-refractivity contribution in [3.8, 4) is 0 Å². The zero-order valence-corrected chi connectivity index (χ0v) is 16.8. The normalized spacial score (nSPS) is 14.1. The van der Waals surface area contributed by atoms with E-state index in [1.165, 1.54) is 6.07 Å². The minimum Gasteiger partial charge on any atom is -0.383 e. The molecule has 1 aromatic heterocycles. The molecular formula is C20H25N3O4S. The van der Waals surface area contributed by atoms with Gasteiger partial charge in [-0.05, 0) is 42.8 Å². The number of nitrogens with zero attached hydrogens (tertiary/aromatic N) is 3. The molecule has 1 saturated heterocycles. The van der Waals surface area contributed by atoms with E-state index in [2.05, 4.69) is 0 Å². The van der Waals surface area contributed by atoms with Crippen LogP contribution in [0.15, 0.2) is 35.7 Å². The molecule has 0 unspecified atom stereocenters. The van der Waals surface area contributed by atoms with Crippen LogP contribution < -0.4 is 4.90 Å². The maximum atomic E-state index is 13.1. The number of amides is 1. The van der Waals surface area contributed by atoms with E-state index in [1.54, 1.807) is 35.5 Å². The van der Waals surface area contributed by atoms with Crippen molar-refractivity contribution in [1.82, 2.24) is 4.90 Å². The Morgan fingerprint density at radius 2 is 2.07 bits per heavy atom. The van der Waals surface area contributed by atoms with E-state index in [0.29, 0.717) is 30.9 Å². The molecule has 0 aliphatic carbocycles. The monoisotopic (exact) mass is 403 g/mol. The number of hydrogen-bond acceptors (Lipinski definition) is 6. The summed E-state index contributed by atoms with van der Waals surface area (Å²) in [4.78, 5) is 29.1. The van der Waals surface area contributed by atoms with Crippen molar-refractivity contribution in [3.05, 3.63) is 56.3 Å². The molecule has 8 heteroatoms. The second-order valence-corrected chi connectivity index (χ2v) is 7.84. The van der Waals surface area contributed by atoms with E-state index in [4.69, 9.17) is 4.74 Å². The maximum Gasteiger partial charge on any atom is 0.293 e. The van der Waals surface area contributed by atoms with Gasteiger partial charge in [0.25, 0.3) is 11.6 Å². The van der Waals surface area contributed by atoms with Gasteiger partial charge in [-0.15, -0.1) is 11.3 Å². The van der Waals surface area contributed by atoms with Gasteiger partial charge in [-0.2, -0.15) is 0 Å². The first-order valence-electron chi connectivity index (χ1n) is 9.44. The number of hydrogen-bond donors (Lipinski definition) is 0. The molecule has 1 aromatic carbocycles. The Hall–Kier alpha value is -2.45. The Labute approximate surface area is 168 Å². The number of ether oxygens (including phenoxy) is 1. The fourth-order valence-corrected chi connectivity index (χ4v) is 4.15. The Morgan fingerprint density at radius 1 is 1.29 bits per heavy atom. The zero-order chi connectivity index (χ0) is 19.9. The molecule has 1 fully saturated rings. The molecule has 2 aromatic rings. The molecule has 0 atom stereocenters. The van der Waals surface area contributed by atoms with Gasteiger partial charge in [-0.25, -0.2) is 0 Å². The Morgan fingerprint density at radius 3 is 2.71 bits per heavy atom. The molecular weight excluding hydrogens is 378 g/mol. The molecule has 0 bridgehead atoms. The number of methoxy groups -OCH3 is 1. The highest BCUT2D eigenvalue weighted by Gasteiger charge is 2.25. The smallest absolute Gasteiger partial charge is 0.293 e. The topological polar surface area (TPSA) is 75.9 Å². The van der Waals surface area contributed by atoms with Gasteiger partial charge in [0.1, 0.15) is 5.69 Å². The van der Waals surface area contributed by atoms with E-state index in [-0.39, 0.29) is 16.5 Å². The third kappa shape index (κ3) is 4.88. The summed E-state index contributed by atoms with van der Waals surface area (Å²) < 4.78 is 5.13. The standard InChI is InChI=1S/C20H25N3O4S/c1-27-12-11-22(15-17-6-5-13-28-17)20(24)16-7-8-18(19(14-16)23(25)26)21-9-3-2-4-10-21/h5-8,13-14H,2-4,9-12,15H2,1H3. The van der Waals surface area contributed by atoms with Gasteiger partial charge < -0.3 is 14.5 Å². The van der Waals surface area contributed by atoms with Gasteiger partial charge in [0.2, 0.25) is 0 Å². The van der Waals surface area contributed by atoms with E-state index in [0.717, 1.165) is 37.2 Å². The van der Waals surface area contributed by atoms with Crippen LogP contribution in [0.3, 0.4) is 0 Å². The summed E-state index contributed by atoms with van der Waals surface area (Å²) in [6.45, 7) is 2.92. The number of rotatable bonds is 8. The van der Waals surface area contributed by atoms with Crippen LogP contribution >= 0.6 is 11.3 Å². The van der Waals surface area contributed by atoms with Gasteiger partial charge in [0, 0.05) is 43.3 Å². The van der Waals surface area contributed by atoms with Crippen LogP contribution in [0.25, 0.3) is 0 Å². The first-order chi connectivity index (χ1) is 13.6. The van der Waals surface area contributed by atoms with Crippen molar-refractivity contribution < 1.29 is 14.5 Å². The summed E-state index contributed by atoms with van der Waals surface area (Å²) in [5, 5.41) is 13.6. The molecule has 1 aliphatic heterocycles. The van der Waals surface area contributed by atoms with Crippen molar-refractivity contribution in [2.24, 2.45) is 0 Å². The Kier molecular flexibility index (Phi) is 7.00. The van der Waals surface area contributed by atoms with E-state index >= 15 is 0 Å². The van der Waals surface area contributed by atoms with Crippen LogP contribution in [-0.2, 0) is 11.3 Å². The van der Waals surface area contributed by atoms with Crippen molar-refractivity contribution >= 4 is 28.6 Å². The molecule has 0 radical (unpaired) electrons. The number of benzene rings is 1. The first-order valence-corrected chi connectivity index (χ1v) is 10.3. The van der Waals surface area contributed by atoms with Crippen LogP contribution in [0.2, 0.25) is 0 Å². The molecule has 28 heavy (non-hydrogen) atoms. The van der Waals surface area contributed by atoms with E-state index < -0.39 is 0 Å². The second-order valence-electron chi connectivity index (χ2n) is 6.81. The number of nitro groups is 1. The van der Waals surface area contributed by atoms with Gasteiger partial charge in [-0.1, -0.05) is 6.07 Å². The number of nitro benzene ring substituents is 1. The Bertz CT molecular complexity index is 804. The average molecular weight is 404 g/mol. The molecule has 0 N–H and O–H groups in total. The van der Waals surface area contributed by atoms with Gasteiger partial charge in [0.05, 0.1) is 18.1 Å². The van der Waals surface area contributed by atoms with Gasteiger partial charge >= 0.3 is 0 Å². The molecule has 0 spiro atoms. The molecule has 1 aliphatic rings. The summed E-state index contributed by atoms with van der Waals surface area (Å²) in [5.74, 6) is -0.223. The largest absolute Gasteiger partial charge is 0.383 e. The Balaban J connectivity index is 1.85. The lowest BCUT2D eigenvalue weighted by Gasteiger charge is -2.28. The van der Waals surface area contributed by atoms with Crippen molar-refractivity contribution in [2.45, 2.75) is 25.8 Å². The van der Waals surface area contributed by atoms with Crippen LogP contribution in [0.4, 0.5) is 11.4 Å². The first kappa shape index (κ1) is 20.3. The second kappa shape index (κ2) is 9.66. The van der Waals surface area contributed by atoms with Crippen molar-refractivity contribution in [2.75, 3.05) is 38.3 Å². The van der Waals surface area contributed by atoms with E-state index in [1.807, 2.05) is 22.4 Å². The SMILES string of the molecule is COCCN(Cc1cccs1)C(=O)c1ccc(N2CCCCC2)c([N+](=O)[O-])c1. The molecule has 3 rings (SSSR count). The molecule has 1 amide bonds. The minimum atomic E-state index is -0.389. The van der Waals surface area contributed by atoms with Gasteiger partial charge in [-0.3, -0.25) is 14.9 Å². The number of carbonyl (C=O) groups is 1. The summed E-state index contributed by atoms with van der Waals surface area (Å²) in [5.41, 5.74) is 0.929. The lowest BCUT2D eigenvalue weighted by atomic mass is 10.1. The quantitative estimate of drug-likeness (QED) is 0.493. The summed E-state index contributed by atoms with van der Waals surface area (Å²) in [7, 11) is 1.59. The summed E-state index contributed by atoms with van der Waals surface area (Å²) >= 11 is 1.58. The predicted molar refractivity (Wildman–Crippen MR) is 110 cm³/mol. The van der Waals surface area contributed by atoms with Crippen molar-refractivity contribution in [1.29, 1.82) is 0 Å². The molecule has 150 valence electrons. The third-order valence-corrected chi connectivity index (χ3v) is 5.76. The lowest BCUT2D eigenvalue weighted by molar-refractivity contribution is -0.384. The number of carbonyl (C=O) groups excluding carboxylic acids is 1. The van der Waals surface area contributed by atoms with E-state index in [9.17, 15) is 14.9 Å². The summed E-state index contributed by atoms with van der Waals surface area (Å²) in [6.07, 6.45) is 3.21. The molecule has 7 nitrogen and oxygen atoms in total.